The van der Waals surface area contributed by atoms with Gasteiger partial charge >= 0.3 is 5.91 Å². The van der Waals surface area contributed by atoms with Crippen LogP contribution in [0.3, 0.4) is 0 Å². The van der Waals surface area contributed by atoms with Gasteiger partial charge in [-0.25, -0.2) is 0 Å². The Balaban J connectivity index is 0.000000900. The van der Waals surface area contributed by atoms with Gasteiger partial charge in [0.25, 0.3) is 11.4 Å². The monoisotopic (exact) mass is 500 g/mol. The smallest absolute Gasteiger partial charge is 0.173 e. The van der Waals surface area contributed by atoms with Crippen molar-refractivity contribution in [3.05, 3.63) is 97.6 Å². The molecule has 4 aromatic heterocycles. The first kappa shape index (κ1) is 19.1. The minimum atomic E-state index is -0.554. The fourth-order valence-corrected chi connectivity index (χ4v) is 4.23. The van der Waals surface area contributed by atoms with Gasteiger partial charge in [0, 0.05) is 89.7 Å². The zero-order valence-electron chi connectivity index (χ0n) is 14.5. The van der Waals surface area contributed by atoms with Gasteiger partial charge in [0.05, 0.1) is 12.4 Å². The van der Waals surface area contributed by atoms with Gasteiger partial charge < -0.3 is 0 Å². The molecule has 0 fully saturated rings. The Morgan fingerprint density at radius 3 is 1.48 bits per heavy atom. The Morgan fingerprint density at radius 1 is 0.556 bits per heavy atom. The minimum Gasteiger partial charge on any atom is -0.173 e. The van der Waals surface area contributed by atoms with Crippen LogP contribution in [0.2, 0.25) is 0 Å². The second-order valence-corrected chi connectivity index (χ2v) is 6.28. The van der Waals surface area contributed by atoms with E-state index in [0.29, 0.717) is 0 Å². The Morgan fingerprint density at radius 2 is 1.00 bits per heavy atom. The molecule has 2 aliphatic rings. The molecule has 0 N–H and O–H groups in total. The first-order valence-electron chi connectivity index (χ1n) is 8.30. The number of aromatic nitrogens is 4. The van der Waals surface area contributed by atoms with Crippen LogP contribution in [0, 0.1) is 12.1 Å². The van der Waals surface area contributed by atoms with Gasteiger partial charge in [-0.2, -0.15) is 12.1 Å². The summed E-state index contributed by atoms with van der Waals surface area (Å²) in [5.41, 5.74) is 4.60. The Kier molecular flexibility index (Phi) is 4.96. The molecule has 2 aliphatic heterocycles. The third kappa shape index (κ3) is 2.31. The van der Waals surface area contributed by atoms with Crippen LogP contribution in [0.5, 0.6) is 0 Å². The zero-order chi connectivity index (χ0) is 16.4. The number of pyridine rings is 4. The standard InChI is InChI=1S/C21H14N4.2Y/c1-5-13-22-17(9-1)18-10-2-6-14-23(18)21(22)24-15-7-3-11-19(24)20-12-4-8-16-25(20)21;;/h1-2,5-16H;;/q+2;;. The third-order valence-corrected chi connectivity index (χ3v) is 5.14. The van der Waals surface area contributed by atoms with Crippen LogP contribution in [0.4, 0.5) is 0 Å². The molecule has 2 radical (unpaired) electrons. The molecule has 6 heterocycles. The summed E-state index contributed by atoms with van der Waals surface area (Å²) in [4.78, 5) is 0. The molecule has 4 nitrogen and oxygen atoms in total. The van der Waals surface area contributed by atoms with Crippen LogP contribution in [0.15, 0.2) is 85.5 Å². The first-order chi connectivity index (χ1) is 12.4. The summed E-state index contributed by atoms with van der Waals surface area (Å²) >= 11 is 0. The molecule has 0 saturated carbocycles. The fraction of sp³-hybridized carbons (Fsp3) is 0.0476. The molecule has 122 valence electrons. The molecule has 0 unspecified atom stereocenters. The number of nitrogens with zero attached hydrogens (tertiary/aromatic N) is 4. The van der Waals surface area contributed by atoms with E-state index >= 15 is 0 Å². The number of hydrogen-bond acceptors (Lipinski definition) is 0. The molecule has 0 atom stereocenters. The SMILES string of the molecule is [Y].[Y].[c-]1cc[n+]2c(c1)-c1c[c-]cc[n+]1C21[n+]2ccccc2-c2cccc[n+]21. The van der Waals surface area contributed by atoms with Crippen molar-refractivity contribution < 1.29 is 83.7 Å². The van der Waals surface area contributed by atoms with E-state index in [2.05, 4.69) is 91.6 Å². The van der Waals surface area contributed by atoms with Crippen molar-refractivity contribution >= 4 is 0 Å². The Bertz CT molecular complexity index is 988. The van der Waals surface area contributed by atoms with Crippen molar-refractivity contribution in [2.75, 3.05) is 0 Å². The Labute approximate surface area is 207 Å². The maximum absolute atomic E-state index is 3.22. The summed E-state index contributed by atoms with van der Waals surface area (Å²) in [5, 5.41) is 0. The number of hydrogen-bond donors (Lipinski definition) is 0. The van der Waals surface area contributed by atoms with E-state index < -0.39 is 5.91 Å². The van der Waals surface area contributed by atoms with E-state index in [9.17, 15) is 0 Å². The molecule has 6 rings (SSSR count). The van der Waals surface area contributed by atoms with Crippen molar-refractivity contribution in [3.63, 3.8) is 0 Å². The third-order valence-electron chi connectivity index (χ3n) is 5.14. The van der Waals surface area contributed by atoms with Crippen molar-refractivity contribution in [1.29, 1.82) is 0 Å². The summed E-state index contributed by atoms with van der Waals surface area (Å²) in [6, 6.07) is 27.1. The molecular formula is C21H14N4Y2+2. The quantitative estimate of drug-likeness (QED) is 0.215. The average Bonchev–Trinajstić information content (AvgIpc) is 3.16. The fourth-order valence-electron chi connectivity index (χ4n) is 4.23. The van der Waals surface area contributed by atoms with E-state index in [0.717, 1.165) is 11.4 Å². The van der Waals surface area contributed by atoms with Crippen molar-refractivity contribution in [1.82, 2.24) is 0 Å². The minimum absolute atomic E-state index is 0. The molecule has 0 aromatic carbocycles. The molecular weight excluding hydrogens is 486 g/mol. The Hall–Kier alpha value is -1.19. The second-order valence-electron chi connectivity index (χ2n) is 6.28. The van der Waals surface area contributed by atoms with Gasteiger partial charge in [0.1, 0.15) is 11.4 Å². The molecule has 0 saturated heterocycles. The van der Waals surface area contributed by atoms with Crippen LogP contribution in [-0.2, 0) is 71.3 Å². The van der Waals surface area contributed by atoms with Gasteiger partial charge in [0.15, 0.2) is 12.4 Å². The van der Waals surface area contributed by atoms with Crippen LogP contribution < -0.4 is 18.3 Å². The van der Waals surface area contributed by atoms with Gasteiger partial charge in [0.2, 0.25) is 0 Å². The molecule has 0 amide bonds. The molecule has 0 bridgehead atoms. The maximum atomic E-state index is 3.22. The summed E-state index contributed by atoms with van der Waals surface area (Å²) in [7, 11) is 0. The topological polar surface area (TPSA) is 15.5 Å². The van der Waals surface area contributed by atoms with E-state index in [1.54, 1.807) is 0 Å². The van der Waals surface area contributed by atoms with Crippen LogP contribution in [0.1, 0.15) is 0 Å². The van der Waals surface area contributed by atoms with Gasteiger partial charge in [-0.05, 0) is 21.3 Å². The van der Waals surface area contributed by atoms with Crippen LogP contribution >= 0.6 is 0 Å². The zero-order valence-corrected chi connectivity index (χ0v) is 20.2. The van der Waals surface area contributed by atoms with E-state index in [-0.39, 0.29) is 65.4 Å². The van der Waals surface area contributed by atoms with Crippen molar-refractivity contribution in [2.24, 2.45) is 0 Å². The normalized spacial score (nSPS) is 13.6. The van der Waals surface area contributed by atoms with Crippen molar-refractivity contribution in [2.45, 2.75) is 5.91 Å². The summed E-state index contributed by atoms with van der Waals surface area (Å²) in [5.74, 6) is -0.554. The number of rotatable bonds is 0. The summed E-state index contributed by atoms with van der Waals surface area (Å²) in [6.07, 6.45) is 8.49. The van der Waals surface area contributed by atoms with Gasteiger partial charge in [-0.1, -0.05) is 0 Å². The predicted octanol–water partition coefficient (Wildman–Crippen LogP) is 0.605. The van der Waals surface area contributed by atoms with Crippen LogP contribution in [-0.4, -0.2) is 0 Å². The van der Waals surface area contributed by atoms with Crippen LogP contribution in [0.25, 0.3) is 22.8 Å². The molecule has 0 aliphatic carbocycles. The van der Waals surface area contributed by atoms with Gasteiger partial charge in [-0.15, -0.1) is 33.4 Å². The predicted molar refractivity (Wildman–Crippen MR) is 86.4 cm³/mol. The number of fused-ring (bicyclic) bond motifs is 10. The van der Waals surface area contributed by atoms with E-state index in [1.165, 1.54) is 11.4 Å². The van der Waals surface area contributed by atoms with E-state index in [1.807, 2.05) is 24.3 Å². The molecule has 6 heteroatoms. The first-order valence-corrected chi connectivity index (χ1v) is 8.30. The van der Waals surface area contributed by atoms with E-state index in [4.69, 9.17) is 0 Å². The molecule has 27 heavy (non-hydrogen) atoms. The largest absolute Gasteiger partial charge is 0.727 e. The molecule has 4 aromatic rings. The molecule has 1 spiro atoms. The maximum Gasteiger partial charge on any atom is 0.727 e. The summed E-state index contributed by atoms with van der Waals surface area (Å²) in [6.45, 7) is 0. The van der Waals surface area contributed by atoms with Gasteiger partial charge in [-0.3, -0.25) is 0 Å². The second kappa shape index (κ2) is 7.00. The summed E-state index contributed by atoms with van der Waals surface area (Å²) < 4.78 is 9.24. The van der Waals surface area contributed by atoms with Crippen molar-refractivity contribution in [3.8, 4) is 22.8 Å². The average molecular weight is 500 g/mol.